The zero-order valence-electron chi connectivity index (χ0n) is 15.8. The van der Waals surface area contributed by atoms with E-state index in [1.165, 1.54) is 19.2 Å². The van der Waals surface area contributed by atoms with E-state index in [0.717, 1.165) is 0 Å². The van der Waals surface area contributed by atoms with Gasteiger partial charge in [-0.2, -0.15) is 0 Å². The SMILES string of the molecule is COc1ccc([C@@H]2CC(=O)c3c(O)cc(OCc4cn(C)nn4)cc3O2)cc1O. The highest BCUT2D eigenvalue weighted by Gasteiger charge is 2.31. The summed E-state index contributed by atoms with van der Waals surface area (Å²) in [7, 11) is 3.20. The lowest BCUT2D eigenvalue weighted by molar-refractivity contribution is 0.0844. The first-order chi connectivity index (χ1) is 13.9. The fourth-order valence-corrected chi connectivity index (χ4v) is 3.21. The van der Waals surface area contributed by atoms with Crippen molar-refractivity contribution in [2.75, 3.05) is 7.11 Å². The summed E-state index contributed by atoms with van der Waals surface area (Å²) >= 11 is 0. The molecule has 4 rings (SSSR count). The topological polar surface area (TPSA) is 116 Å². The van der Waals surface area contributed by atoms with Crippen molar-refractivity contribution in [3.63, 3.8) is 0 Å². The maximum Gasteiger partial charge on any atom is 0.174 e. The van der Waals surface area contributed by atoms with Gasteiger partial charge in [-0.05, 0) is 17.7 Å². The first-order valence-corrected chi connectivity index (χ1v) is 8.86. The van der Waals surface area contributed by atoms with E-state index in [4.69, 9.17) is 14.2 Å². The van der Waals surface area contributed by atoms with Crippen molar-refractivity contribution in [2.45, 2.75) is 19.1 Å². The van der Waals surface area contributed by atoms with Crippen LogP contribution in [0.25, 0.3) is 0 Å². The van der Waals surface area contributed by atoms with Gasteiger partial charge in [0.05, 0.1) is 19.7 Å². The van der Waals surface area contributed by atoms with Crippen LogP contribution in [0, 0.1) is 0 Å². The minimum atomic E-state index is -0.610. The number of phenolic OH excluding ortho intramolecular Hbond substituents is 2. The number of carbonyl (C=O) groups excluding carboxylic acids is 1. The third kappa shape index (κ3) is 3.66. The van der Waals surface area contributed by atoms with E-state index in [0.29, 0.717) is 22.8 Å². The molecule has 0 saturated heterocycles. The monoisotopic (exact) mass is 397 g/mol. The highest BCUT2D eigenvalue weighted by molar-refractivity contribution is 6.02. The second kappa shape index (κ2) is 7.34. The lowest BCUT2D eigenvalue weighted by Gasteiger charge is -2.26. The normalized spacial score (nSPS) is 15.5. The molecule has 0 saturated carbocycles. The van der Waals surface area contributed by atoms with Crippen LogP contribution in [0.3, 0.4) is 0 Å². The third-order valence-electron chi connectivity index (χ3n) is 4.59. The van der Waals surface area contributed by atoms with Gasteiger partial charge >= 0.3 is 0 Å². The van der Waals surface area contributed by atoms with Crippen LogP contribution >= 0.6 is 0 Å². The quantitative estimate of drug-likeness (QED) is 0.675. The average molecular weight is 397 g/mol. The van der Waals surface area contributed by atoms with E-state index in [1.807, 2.05) is 0 Å². The van der Waals surface area contributed by atoms with Gasteiger partial charge in [-0.1, -0.05) is 11.3 Å². The van der Waals surface area contributed by atoms with Gasteiger partial charge in [0, 0.05) is 19.2 Å². The maximum atomic E-state index is 12.6. The molecule has 150 valence electrons. The van der Waals surface area contributed by atoms with Gasteiger partial charge in [-0.15, -0.1) is 5.10 Å². The van der Waals surface area contributed by atoms with Crippen LogP contribution in [0.5, 0.6) is 28.7 Å². The minimum Gasteiger partial charge on any atom is -0.507 e. The van der Waals surface area contributed by atoms with E-state index >= 15 is 0 Å². The Hall–Kier alpha value is -3.75. The van der Waals surface area contributed by atoms with Gasteiger partial charge in [0.1, 0.15) is 41.2 Å². The molecular weight excluding hydrogens is 378 g/mol. The molecule has 1 aliphatic heterocycles. The van der Waals surface area contributed by atoms with Crippen LogP contribution in [0.15, 0.2) is 36.5 Å². The second-order valence-corrected chi connectivity index (χ2v) is 6.65. The first kappa shape index (κ1) is 18.6. The number of methoxy groups -OCH3 is 1. The number of hydrogen-bond donors (Lipinski definition) is 2. The Kier molecular flexibility index (Phi) is 4.71. The average Bonchev–Trinajstić information content (AvgIpc) is 3.11. The Labute approximate surface area is 166 Å². The molecule has 0 amide bonds. The molecule has 1 aliphatic rings. The Morgan fingerprint density at radius 1 is 1.24 bits per heavy atom. The highest BCUT2D eigenvalue weighted by atomic mass is 16.5. The summed E-state index contributed by atoms with van der Waals surface area (Å²) in [5.74, 6) is 0.361. The molecule has 0 unspecified atom stereocenters. The summed E-state index contributed by atoms with van der Waals surface area (Å²) in [6.45, 7) is 0.149. The van der Waals surface area contributed by atoms with Crippen LogP contribution < -0.4 is 14.2 Å². The maximum absolute atomic E-state index is 12.6. The summed E-state index contributed by atoms with van der Waals surface area (Å²) in [6.07, 6.45) is 1.14. The second-order valence-electron chi connectivity index (χ2n) is 6.65. The molecule has 0 radical (unpaired) electrons. The molecule has 2 aromatic carbocycles. The van der Waals surface area contributed by atoms with E-state index < -0.39 is 6.10 Å². The molecule has 0 spiro atoms. The van der Waals surface area contributed by atoms with Crippen molar-refractivity contribution in [1.82, 2.24) is 15.0 Å². The summed E-state index contributed by atoms with van der Waals surface area (Å²) < 4.78 is 18.2. The van der Waals surface area contributed by atoms with Gasteiger partial charge in [-0.3, -0.25) is 9.48 Å². The predicted molar refractivity (Wildman–Crippen MR) is 100 cm³/mol. The molecule has 9 heteroatoms. The third-order valence-corrected chi connectivity index (χ3v) is 4.59. The fourth-order valence-electron chi connectivity index (χ4n) is 3.21. The number of hydrogen-bond acceptors (Lipinski definition) is 8. The fraction of sp³-hybridized carbons (Fsp3) is 0.250. The Bertz CT molecular complexity index is 1080. The van der Waals surface area contributed by atoms with Crippen molar-refractivity contribution >= 4 is 5.78 Å². The summed E-state index contributed by atoms with van der Waals surface area (Å²) in [5, 5.41) is 28.1. The zero-order valence-corrected chi connectivity index (χ0v) is 15.8. The number of aromatic hydroxyl groups is 2. The number of aryl methyl sites for hydroxylation is 1. The predicted octanol–water partition coefficient (Wildman–Crippen LogP) is 2.52. The number of aromatic nitrogens is 3. The standard InChI is InChI=1S/C20H19N3O6/c1-23-9-12(21-22-23)10-28-13-6-15(25)20-16(26)8-18(29-19(20)7-13)11-3-4-17(27-2)14(24)5-11/h3-7,9,18,24-25H,8,10H2,1-2H3/t18-/m0/s1. The van der Waals surface area contributed by atoms with Gasteiger partial charge in [0.2, 0.25) is 0 Å². The number of ketones is 1. The van der Waals surface area contributed by atoms with Crippen LogP contribution in [-0.4, -0.2) is 38.1 Å². The van der Waals surface area contributed by atoms with E-state index in [2.05, 4.69) is 10.3 Å². The Balaban J connectivity index is 1.59. The van der Waals surface area contributed by atoms with Gasteiger partial charge in [0.25, 0.3) is 0 Å². The molecular formula is C20H19N3O6. The van der Waals surface area contributed by atoms with E-state index in [9.17, 15) is 15.0 Å². The summed E-state index contributed by atoms with van der Waals surface area (Å²) in [4.78, 5) is 12.6. The van der Waals surface area contributed by atoms with Crippen molar-refractivity contribution in [2.24, 2.45) is 7.05 Å². The molecule has 2 N–H and O–H groups in total. The molecule has 0 aliphatic carbocycles. The number of Topliss-reactive ketones (excluding diaryl/α,β-unsaturated/α-hetero) is 1. The highest BCUT2D eigenvalue weighted by Crippen LogP contribution is 2.43. The van der Waals surface area contributed by atoms with Crippen LogP contribution in [0.1, 0.15) is 34.1 Å². The number of carbonyl (C=O) groups is 1. The van der Waals surface area contributed by atoms with Gasteiger partial charge in [-0.25, -0.2) is 0 Å². The number of phenols is 2. The Morgan fingerprint density at radius 3 is 2.76 bits per heavy atom. The van der Waals surface area contributed by atoms with Crippen LogP contribution in [0.2, 0.25) is 0 Å². The van der Waals surface area contributed by atoms with Crippen molar-refractivity contribution in [1.29, 1.82) is 0 Å². The Morgan fingerprint density at radius 2 is 2.07 bits per heavy atom. The molecule has 1 atom stereocenters. The van der Waals surface area contributed by atoms with Gasteiger partial charge in [0.15, 0.2) is 17.3 Å². The number of ether oxygens (including phenoxy) is 3. The molecule has 29 heavy (non-hydrogen) atoms. The molecule has 1 aromatic heterocycles. The van der Waals surface area contributed by atoms with Gasteiger partial charge < -0.3 is 24.4 Å². The molecule has 3 aromatic rings. The van der Waals surface area contributed by atoms with Crippen molar-refractivity contribution in [3.8, 4) is 28.7 Å². The molecule has 9 nitrogen and oxygen atoms in total. The number of rotatable bonds is 5. The number of nitrogens with zero attached hydrogens (tertiary/aromatic N) is 3. The smallest absolute Gasteiger partial charge is 0.174 e. The zero-order chi connectivity index (χ0) is 20.5. The number of benzene rings is 2. The minimum absolute atomic E-state index is 0.0339. The molecule has 0 fully saturated rings. The number of fused-ring (bicyclic) bond motifs is 1. The first-order valence-electron chi connectivity index (χ1n) is 8.86. The molecule has 2 heterocycles. The summed E-state index contributed by atoms with van der Waals surface area (Å²) in [5.41, 5.74) is 1.35. The summed E-state index contributed by atoms with van der Waals surface area (Å²) in [6, 6.07) is 7.74. The van der Waals surface area contributed by atoms with Crippen molar-refractivity contribution in [3.05, 3.63) is 53.3 Å². The molecule has 0 bridgehead atoms. The van der Waals surface area contributed by atoms with Crippen LogP contribution in [-0.2, 0) is 13.7 Å². The van der Waals surface area contributed by atoms with Crippen LogP contribution in [0.4, 0.5) is 0 Å². The van der Waals surface area contributed by atoms with E-state index in [1.54, 1.807) is 36.1 Å². The van der Waals surface area contributed by atoms with Crippen molar-refractivity contribution < 1.29 is 29.2 Å². The van der Waals surface area contributed by atoms with E-state index in [-0.39, 0.29) is 41.6 Å². The lowest BCUT2D eigenvalue weighted by Crippen LogP contribution is -2.20. The lowest BCUT2D eigenvalue weighted by atomic mass is 9.95. The largest absolute Gasteiger partial charge is 0.507 e.